The van der Waals surface area contributed by atoms with Crippen molar-refractivity contribution in [3.8, 4) is 11.4 Å². The monoisotopic (exact) mass is 361 g/mol. The fourth-order valence-corrected chi connectivity index (χ4v) is 3.17. The molecule has 3 aromatic rings. The summed E-state index contributed by atoms with van der Waals surface area (Å²) < 4.78 is 0. The van der Waals surface area contributed by atoms with Crippen LogP contribution in [0.5, 0.6) is 0 Å². The zero-order valence-electron chi connectivity index (χ0n) is 14.6. The Morgan fingerprint density at radius 2 is 1.81 bits per heavy atom. The standard InChI is InChI=1S/C20H19N5O2/c26-19(16-11-12-25(20(16)27)15-9-5-2-6-10-15)21-13-17-22-18(24-23-17)14-7-3-1-4-8-14/h1-10,16H,11-13H2,(H,21,26)(H,22,23,24). The Bertz CT molecular complexity index is 939. The Balaban J connectivity index is 1.36. The quantitative estimate of drug-likeness (QED) is 0.681. The molecular weight excluding hydrogens is 342 g/mol. The number of hydrogen-bond acceptors (Lipinski definition) is 4. The molecule has 136 valence electrons. The summed E-state index contributed by atoms with van der Waals surface area (Å²) in [7, 11) is 0. The first kappa shape index (κ1) is 17.0. The zero-order valence-corrected chi connectivity index (χ0v) is 14.6. The van der Waals surface area contributed by atoms with Gasteiger partial charge in [0.15, 0.2) is 5.82 Å². The molecule has 1 atom stereocenters. The van der Waals surface area contributed by atoms with Gasteiger partial charge in [-0.05, 0) is 18.6 Å². The van der Waals surface area contributed by atoms with Crippen molar-refractivity contribution in [2.45, 2.75) is 13.0 Å². The number of aromatic nitrogens is 3. The number of rotatable bonds is 5. The van der Waals surface area contributed by atoms with E-state index in [1.165, 1.54) is 0 Å². The van der Waals surface area contributed by atoms with Gasteiger partial charge < -0.3 is 10.2 Å². The second kappa shape index (κ2) is 7.41. The third kappa shape index (κ3) is 3.57. The Labute approximate surface area is 156 Å². The SMILES string of the molecule is O=C(NCc1nc(-c2ccccc2)n[nH]1)C1CCN(c2ccccc2)C1=O. The molecule has 27 heavy (non-hydrogen) atoms. The fourth-order valence-electron chi connectivity index (χ4n) is 3.17. The molecule has 0 saturated carbocycles. The number of para-hydroxylation sites is 1. The summed E-state index contributed by atoms with van der Waals surface area (Å²) in [6.45, 7) is 0.745. The van der Waals surface area contributed by atoms with Crippen molar-refractivity contribution in [1.29, 1.82) is 0 Å². The number of carbonyl (C=O) groups is 2. The van der Waals surface area contributed by atoms with Crippen LogP contribution < -0.4 is 10.2 Å². The van der Waals surface area contributed by atoms with Crippen LogP contribution >= 0.6 is 0 Å². The van der Waals surface area contributed by atoms with Crippen molar-refractivity contribution in [2.75, 3.05) is 11.4 Å². The molecule has 0 aliphatic carbocycles. The lowest BCUT2D eigenvalue weighted by Gasteiger charge is -2.16. The lowest BCUT2D eigenvalue weighted by atomic mass is 10.1. The van der Waals surface area contributed by atoms with Crippen LogP contribution in [0.3, 0.4) is 0 Å². The van der Waals surface area contributed by atoms with Gasteiger partial charge in [0.05, 0.1) is 6.54 Å². The molecule has 2 N–H and O–H groups in total. The van der Waals surface area contributed by atoms with Crippen LogP contribution in [-0.2, 0) is 16.1 Å². The third-order valence-corrected chi connectivity index (χ3v) is 4.58. The normalized spacial score (nSPS) is 16.5. The Morgan fingerprint density at radius 1 is 1.11 bits per heavy atom. The van der Waals surface area contributed by atoms with Gasteiger partial charge >= 0.3 is 0 Å². The third-order valence-electron chi connectivity index (χ3n) is 4.58. The first-order chi connectivity index (χ1) is 13.2. The summed E-state index contributed by atoms with van der Waals surface area (Å²) >= 11 is 0. The topological polar surface area (TPSA) is 91.0 Å². The van der Waals surface area contributed by atoms with Crippen LogP contribution in [-0.4, -0.2) is 33.5 Å². The van der Waals surface area contributed by atoms with Crippen molar-refractivity contribution in [3.05, 3.63) is 66.5 Å². The largest absolute Gasteiger partial charge is 0.348 e. The number of hydrogen-bond donors (Lipinski definition) is 2. The molecule has 4 rings (SSSR count). The minimum atomic E-state index is -0.665. The number of nitrogens with zero attached hydrogens (tertiary/aromatic N) is 3. The van der Waals surface area contributed by atoms with E-state index in [0.717, 1.165) is 11.3 Å². The second-order valence-electron chi connectivity index (χ2n) is 6.36. The smallest absolute Gasteiger partial charge is 0.239 e. The second-order valence-corrected chi connectivity index (χ2v) is 6.36. The molecule has 2 aromatic carbocycles. The number of aromatic amines is 1. The van der Waals surface area contributed by atoms with Crippen LogP contribution in [0.4, 0.5) is 5.69 Å². The highest BCUT2D eigenvalue weighted by Gasteiger charge is 2.37. The maximum absolute atomic E-state index is 12.6. The summed E-state index contributed by atoms with van der Waals surface area (Å²) in [5.41, 5.74) is 1.72. The molecule has 1 fully saturated rings. The van der Waals surface area contributed by atoms with Crippen LogP contribution in [0.25, 0.3) is 11.4 Å². The van der Waals surface area contributed by atoms with E-state index >= 15 is 0 Å². The highest BCUT2D eigenvalue weighted by Crippen LogP contribution is 2.25. The molecule has 0 radical (unpaired) electrons. The van der Waals surface area contributed by atoms with Gasteiger partial charge in [0.1, 0.15) is 11.7 Å². The van der Waals surface area contributed by atoms with E-state index in [9.17, 15) is 9.59 Å². The summed E-state index contributed by atoms with van der Waals surface area (Å²) in [4.78, 5) is 31.1. The van der Waals surface area contributed by atoms with Gasteiger partial charge in [-0.2, -0.15) is 5.10 Å². The van der Waals surface area contributed by atoms with Crippen molar-refractivity contribution < 1.29 is 9.59 Å². The number of benzene rings is 2. The summed E-state index contributed by atoms with van der Waals surface area (Å²) in [5, 5.41) is 9.78. The predicted molar refractivity (Wildman–Crippen MR) is 101 cm³/mol. The van der Waals surface area contributed by atoms with Gasteiger partial charge in [-0.3, -0.25) is 14.7 Å². The minimum Gasteiger partial charge on any atom is -0.348 e. The van der Waals surface area contributed by atoms with Crippen LogP contribution in [0.1, 0.15) is 12.2 Å². The minimum absolute atomic E-state index is 0.166. The first-order valence-electron chi connectivity index (χ1n) is 8.83. The molecule has 1 aliphatic heterocycles. The molecule has 1 aromatic heterocycles. The molecule has 1 aliphatic rings. The molecule has 1 unspecified atom stereocenters. The van der Waals surface area contributed by atoms with Gasteiger partial charge in [-0.15, -0.1) is 0 Å². The molecule has 1 saturated heterocycles. The highest BCUT2D eigenvalue weighted by molar-refractivity contribution is 6.09. The Morgan fingerprint density at radius 3 is 2.56 bits per heavy atom. The predicted octanol–water partition coefficient (Wildman–Crippen LogP) is 2.14. The number of anilines is 1. The molecule has 0 bridgehead atoms. The zero-order chi connectivity index (χ0) is 18.6. The Hall–Kier alpha value is -3.48. The van der Waals surface area contributed by atoms with Gasteiger partial charge in [-0.25, -0.2) is 4.98 Å². The molecule has 2 amide bonds. The Kier molecular flexibility index (Phi) is 4.65. The van der Waals surface area contributed by atoms with E-state index in [-0.39, 0.29) is 18.4 Å². The number of amides is 2. The fraction of sp³-hybridized carbons (Fsp3) is 0.200. The van der Waals surface area contributed by atoms with Gasteiger partial charge in [0.2, 0.25) is 11.8 Å². The number of H-pyrrole nitrogens is 1. The molecule has 0 spiro atoms. The van der Waals surface area contributed by atoms with Crippen molar-refractivity contribution in [3.63, 3.8) is 0 Å². The lowest BCUT2D eigenvalue weighted by molar-refractivity contribution is -0.132. The van der Waals surface area contributed by atoms with E-state index in [2.05, 4.69) is 20.5 Å². The van der Waals surface area contributed by atoms with Crippen molar-refractivity contribution in [2.24, 2.45) is 5.92 Å². The molecule has 2 heterocycles. The van der Waals surface area contributed by atoms with Gasteiger partial charge in [0, 0.05) is 17.8 Å². The van der Waals surface area contributed by atoms with Crippen LogP contribution in [0.2, 0.25) is 0 Å². The highest BCUT2D eigenvalue weighted by atomic mass is 16.2. The summed E-state index contributed by atoms with van der Waals surface area (Å²) in [5.74, 6) is 0.0127. The van der Waals surface area contributed by atoms with E-state index in [1.807, 2.05) is 60.7 Å². The molecular formula is C20H19N5O2. The first-order valence-corrected chi connectivity index (χ1v) is 8.83. The van der Waals surface area contributed by atoms with Crippen molar-refractivity contribution in [1.82, 2.24) is 20.5 Å². The van der Waals surface area contributed by atoms with E-state index in [1.54, 1.807) is 4.90 Å². The molecule has 7 nitrogen and oxygen atoms in total. The average molecular weight is 361 g/mol. The van der Waals surface area contributed by atoms with E-state index in [0.29, 0.717) is 24.6 Å². The summed E-state index contributed by atoms with van der Waals surface area (Å²) in [6.07, 6.45) is 0.505. The van der Waals surface area contributed by atoms with Crippen molar-refractivity contribution >= 4 is 17.5 Å². The number of carbonyl (C=O) groups excluding carboxylic acids is 2. The lowest BCUT2D eigenvalue weighted by Crippen LogP contribution is -2.36. The summed E-state index contributed by atoms with van der Waals surface area (Å²) in [6, 6.07) is 19.0. The van der Waals surface area contributed by atoms with E-state index in [4.69, 9.17) is 0 Å². The maximum Gasteiger partial charge on any atom is 0.239 e. The molecule has 7 heteroatoms. The van der Waals surface area contributed by atoms with E-state index < -0.39 is 5.92 Å². The van der Waals surface area contributed by atoms with Gasteiger partial charge in [0.25, 0.3) is 0 Å². The number of nitrogens with one attached hydrogen (secondary N) is 2. The van der Waals surface area contributed by atoms with Gasteiger partial charge in [-0.1, -0.05) is 48.5 Å². The van der Waals surface area contributed by atoms with Crippen LogP contribution in [0.15, 0.2) is 60.7 Å². The maximum atomic E-state index is 12.6. The average Bonchev–Trinajstić information content (AvgIpc) is 3.34. The van der Waals surface area contributed by atoms with Crippen LogP contribution in [0, 0.1) is 5.92 Å².